The number of fused-ring (bicyclic) bond motifs is 1. The molecule has 1 aliphatic rings. The molecule has 1 aromatic carbocycles. The highest BCUT2D eigenvalue weighted by atomic mass is 16.2. The van der Waals surface area contributed by atoms with Crippen LogP contribution in [-0.4, -0.2) is 27.3 Å². The number of nitrogens with zero attached hydrogens (tertiary/aromatic N) is 2. The summed E-state index contributed by atoms with van der Waals surface area (Å²) in [6, 6.07) is 7.84. The second-order valence-electron chi connectivity index (χ2n) is 4.61. The van der Waals surface area contributed by atoms with Gasteiger partial charge >= 0.3 is 0 Å². The maximum Gasteiger partial charge on any atom is 0.254 e. The molecule has 0 aliphatic carbocycles. The van der Waals surface area contributed by atoms with Gasteiger partial charge in [0.2, 0.25) is 0 Å². The number of amides is 1. The van der Waals surface area contributed by atoms with E-state index in [2.05, 4.69) is 9.97 Å². The molecule has 0 saturated heterocycles. The summed E-state index contributed by atoms with van der Waals surface area (Å²) < 4.78 is 0. The Balaban J connectivity index is 1.85. The Bertz CT molecular complexity index is 588. The largest absolute Gasteiger partial charge is 0.348 e. The van der Waals surface area contributed by atoms with Crippen molar-refractivity contribution in [1.82, 2.24) is 14.9 Å². The summed E-state index contributed by atoms with van der Waals surface area (Å²) in [5.74, 6) is 0.110. The number of aryl methyl sites for hydroxylation is 1. The van der Waals surface area contributed by atoms with Crippen LogP contribution in [0.2, 0.25) is 0 Å². The van der Waals surface area contributed by atoms with Crippen LogP contribution in [0.4, 0.5) is 0 Å². The molecular formula is C14H15N3O. The summed E-state index contributed by atoms with van der Waals surface area (Å²) in [6.07, 6.45) is 2.60. The molecule has 92 valence electrons. The summed E-state index contributed by atoms with van der Waals surface area (Å²) in [5.41, 5.74) is 3.96. The highest BCUT2D eigenvalue weighted by Crippen LogP contribution is 2.20. The third kappa shape index (κ3) is 1.79. The van der Waals surface area contributed by atoms with E-state index >= 15 is 0 Å². The number of nitrogens with one attached hydrogen (secondary N) is 1. The first-order valence-electron chi connectivity index (χ1n) is 6.12. The van der Waals surface area contributed by atoms with Gasteiger partial charge in [-0.2, -0.15) is 0 Å². The van der Waals surface area contributed by atoms with Crippen molar-refractivity contribution in [2.45, 2.75) is 19.9 Å². The molecule has 1 amide bonds. The molecule has 18 heavy (non-hydrogen) atoms. The van der Waals surface area contributed by atoms with Crippen LogP contribution in [0.25, 0.3) is 0 Å². The number of hydrogen-bond donors (Lipinski definition) is 1. The van der Waals surface area contributed by atoms with Crippen molar-refractivity contribution in [1.29, 1.82) is 0 Å². The Morgan fingerprint density at radius 1 is 1.39 bits per heavy atom. The molecule has 0 fully saturated rings. The number of carbonyl (C=O) groups is 1. The Hall–Kier alpha value is -2.10. The lowest BCUT2D eigenvalue weighted by atomic mass is 9.99. The summed E-state index contributed by atoms with van der Waals surface area (Å²) in [5, 5.41) is 0. The van der Waals surface area contributed by atoms with Gasteiger partial charge in [0, 0.05) is 17.8 Å². The highest BCUT2D eigenvalue weighted by molar-refractivity contribution is 5.96. The molecule has 0 atom stereocenters. The zero-order chi connectivity index (χ0) is 12.5. The molecular weight excluding hydrogens is 226 g/mol. The number of carbonyl (C=O) groups excluding carboxylic acids is 1. The van der Waals surface area contributed by atoms with Crippen LogP contribution >= 0.6 is 0 Å². The Morgan fingerprint density at radius 2 is 2.22 bits per heavy atom. The predicted octanol–water partition coefficient (Wildman–Crippen LogP) is 1.92. The quantitative estimate of drug-likeness (QED) is 0.873. The highest BCUT2D eigenvalue weighted by Gasteiger charge is 2.24. The minimum absolute atomic E-state index is 0.110. The van der Waals surface area contributed by atoms with Crippen LogP contribution in [0.5, 0.6) is 0 Å². The number of rotatable bonds is 2. The average Bonchev–Trinajstić information content (AvgIpc) is 2.79. The number of H-pyrrole nitrogens is 1. The Morgan fingerprint density at radius 3 is 3.00 bits per heavy atom. The van der Waals surface area contributed by atoms with E-state index in [0.29, 0.717) is 6.54 Å². The van der Waals surface area contributed by atoms with Gasteiger partial charge in [0.25, 0.3) is 5.91 Å². The number of benzene rings is 1. The molecule has 1 aromatic heterocycles. The van der Waals surface area contributed by atoms with E-state index in [9.17, 15) is 4.79 Å². The molecule has 0 spiro atoms. The summed E-state index contributed by atoms with van der Waals surface area (Å²) in [7, 11) is 0. The SMILES string of the molecule is Cc1[nH]cnc1CN1CCc2ccccc2C1=O. The fourth-order valence-corrected chi connectivity index (χ4v) is 2.35. The van der Waals surface area contributed by atoms with Gasteiger partial charge < -0.3 is 9.88 Å². The maximum absolute atomic E-state index is 12.3. The van der Waals surface area contributed by atoms with Crippen LogP contribution < -0.4 is 0 Å². The topological polar surface area (TPSA) is 49.0 Å². The zero-order valence-electron chi connectivity index (χ0n) is 10.3. The number of hydrogen-bond acceptors (Lipinski definition) is 2. The van der Waals surface area contributed by atoms with Crippen molar-refractivity contribution < 1.29 is 4.79 Å². The minimum atomic E-state index is 0.110. The molecule has 1 N–H and O–H groups in total. The third-order valence-corrected chi connectivity index (χ3v) is 3.46. The first-order valence-corrected chi connectivity index (χ1v) is 6.12. The van der Waals surface area contributed by atoms with Gasteiger partial charge in [-0.15, -0.1) is 0 Å². The summed E-state index contributed by atoms with van der Waals surface area (Å²) in [6.45, 7) is 3.33. The number of imidazole rings is 1. The van der Waals surface area contributed by atoms with Gasteiger partial charge in [0.15, 0.2) is 0 Å². The molecule has 4 heteroatoms. The molecule has 1 aliphatic heterocycles. The monoisotopic (exact) mass is 241 g/mol. The maximum atomic E-state index is 12.3. The fraction of sp³-hybridized carbons (Fsp3) is 0.286. The van der Waals surface area contributed by atoms with Crippen LogP contribution in [0.1, 0.15) is 27.3 Å². The second kappa shape index (κ2) is 4.29. The van der Waals surface area contributed by atoms with E-state index in [1.54, 1.807) is 6.33 Å². The van der Waals surface area contributed by atoms with E-state index in [1.165, 1.54) is 0 Å². The van der Waals surface area contributed by atoms with Gasteiger partial charge in [-0.1, -0.05) is 18.2 Å². The van der Waals surface area contributed by atoms with E-state index in [-0.39, 0.29) is 5.91 Å². The van der Waals surface area contributed by atoms with Crippen molar-refractivity contribution in [2.75, 3.05) is 6.54 Å². The normalized spacial score (nSPS) is 14.7. The summed E-state index contributed by atoms with van der Waals surface area (Å²) >= 11 is 0. The smallest absolute Gasteiger partial charge is 0.254 e. The van der Waals surface area contributed by atoms with Gasteiger partial charge in [0.1, 0.15) is 0 Å². The molecule has 0 unspecified atom stereocenters. The second-order valence-corrected chi connectivity index (χ2v) is 4.61. The van der Waals surface area contributed by atoms with Gasteiger partial charge in [-0.25, -0.2) is 4.98 Å². The summed E-state index contributed by atoms with van der Waals surface area (Å²) in [4.78, 5) is 21.5. The van der Waals surface area contributed by atoms with Crippen molar-refractivity contribution in [2.24, 2.45) is 0 Å². The van der Waals surface area contributed by atoms with Gasteiger partial charge in [0.05, 0.1) is 18.6 Å². The molecule has 3 rings (SSSR count). The molecule has 0 radical (unpaired) electrons. The van der Waals surface area contributed by atoms with E-state index in [0.717, 1.165) is 35.5 Å². The van der Waals surface area contributed by atoms with Gasteiger partial charge in [-0.3, -0.25) is 4.79 Å². The lowest BCUT2D eigenvalue weighted by Crippen LogP contribution is -2.37. The Kier molecular flexibility index (Phi) is 2.63. The lowest BCUT2D eigenvalue weighted by molar-refractivity contribution is 0.0725. The predicted molar refractivity (Wildman–Crippen MR) is 68.2 cm³/mol. The van der Waals surface area contributed by atoms with Crippen molar-refractivity contribution >= 4 is 5.91 Å². The first-order chi connectivity index (χ1) is 8.75. The lowest BCUT2D eigenvalue weighted by Gasteiger charge is -2.28. The van der Waals surface area contributed by atoms with E-state index in [4.69, 9.17) is 0 Å². The van der Waals surface area contributed by atoms with Gasteiger partial charge in [-0.05, 0) is 25.0 Å². The third-order valence-electron chi connectivity index (χ3n) is 3.46. The standard InChI is InChI=1S/C14H15N3O/c1-10-13(16-9-15-10)8-17-7-6-11-4-2-3-5-12(11)14(17)18/h2-5,9H,6-8H2,1H3,(H,15,16). The van der Waals surface area contributed by atoms with Crippen molar-refractivity contribution in [3.05, 3.63) is 53.1 Å². The molecule has 2 heterocycles. The number of aromatic nitrogens is 2. The van der Waals surface area contributed by atoms with Crippen molar-refractivity contribution in [3.8, 4) is 0 Å². The first kappa shape index (κ1) is 11.0. The minimum Gasteiger partial charge on any atom is -0.348 e. The van der Waals surface area contributed by atoms with Crippen LogP contribution in [0.3, 0.4) is 0 Å². The van der Waals surface area contributed by atoms with Crippen LogP contribution in [0.15, 0.2) is 30.6 Å². The van der Waals surface area contributed by atoms with Crippen LogP contribution in [0, 0.1) is 6.92 Å². The molecule has 4 nitrogen and oxygen atoms in total. The molecule has 2 aromatic rings. The van der Waals surface area contributed by atoms with E-state index in [1.807, 2.05) is 36.1 Å². The number of aromatic amines is 1. The van der Waals surface area contributed by atoms with Crippen molar-refractivity contribution in [3.63, 3.8) is 0 Å². The van der Waals surface area contributed by atoms with E-state index < -0.39 is 0 Å². The molecule has 0 bridgehead atoms. The fourth-order valence-electron chi connectivity index (χ4n) is 2.35. The molecule has 0 saturated carbocycles. The van der Waals surface area contributed by atoms with Crippen LogP contribution in [-0.2, 0) is 13.0 Å². The zero-order valence-corrected chi connectivity index (χ0v) is 10.3. The Labute approximate surface area is 106 Å². The average molecular weight is 241 g/mol.